The van der Waals surface area contributed by atoms with E-state index in [1.54, 1.807) is 0 Å². The van der Waals surface area contributed by atoms with Gasteiger partial charge in [0.2, 0.25) is 0 Å². The maximum absolute atomic E-state index is 12.7. The van der Waals surface area contributed by atoms with Crippen molar-refractivity contribution < 1.29 is 18.1 Å². The molecule has 1 fully saturated rings. The first kappa shape index (κ1) is 18.2. The van der Waals surface area contributed by atoms with Gasteiger partial charge in [0.1, 0.15) is 5.69 Å². The van der Waals surface area contributed by atoms with Crippen LogP contribution in [0.1, 0.15) is 45.6 Å². The van der Waals surface area contributed by atoms with Crippen LogP contribution in [0.4, 0.5) is 24.5 Å². The fourth-order valence-corrected chi connectivity index (χ4v) is 3.29. The summed E-state index contributed by atoms with van der Waals surface area (Å²) in [5.41, 5.74) is 1.79. The van der Waals surface area contributed by atoms with E-state index in [1.165, 1.54) is 0 Å². The summed E-state index contributed by atoms with van der Waals surface area (Å²) >= 11 is 0. The van der Waals surface area contributed by atoms with E-state index in [9.17, 15) is 23.3 Å². The molecule has 1 aliphatic rings. The largest absolute Gasteiger partial charge is 0.416 e. The summed E-state index contributed by atoms with van der Waals surface area (Å²) in [6, 6.07) is 2.38. The van der Waals surface area contributed by atoms with Crippen LogP contribution < -0.4 is 5.43 Å². The van der Waals surface area contributed by atoms with Crippen LogP contribution in [0.15, 0.2) is 23.3 Å². The van der Waals surface area contributed by atoms with Gasteiger partial charge in [0.25, 0.3) is 5.69 Å². The molecule has 1 aromatic carbocycles. The van der Waals surface area contributed by atoms with E-state index in [2.05, 4.69) is 31.3 Å². The standard InChI is InChI=1S/C16H20F3N3O2/c1-10-6-12(9-15(2,3)8-10)20-21-13-5-4-11(16(17,18)19)7-14(13)22(23)24/h4-5,7,10,21H,6,8-9H2,1-3H3/b20-12-/t10-/m0/s1. The molecule has 1 aromatic rings. The lowest BCUT2D eigenvalue weighted by Crippen LogP contribution is -2.28. The van der Waals surface area contributed by atoms with E-state index in [4.69, 9.17) is 0 Å². The average Bonchev–Trinajstić information content (AvgIpc) is 2.41. The summed E-state index contributed by atoms with van der Waals surface area (Å²) in [6.07, 6.45) is -2.05. The Morgan fingerprint density at radius 2 is 2.04 bits per heavy atom. The van der Waals surface area contributed by atoms with Crippen molar-refractivity contribution in [3.63, 3.8) is 0 Å². The van der Waals surface area contributed by atoms with Gasteiger partial charge in [-0.2, -0.15) is 18.3 Å². The second-order valence-electron chi connectivity index (χ2n) is 7.13. The minimum Gasteiger partial charge on any atom is -0.272 e. The zero-order chi connectivity index (χ0) is 18.1. The van der Waals surface area contributed by atoms with Crippen LogP contribution in [-0.4, -0.2) is 10.6 Å². The van der Waals surface area contributed by atoms with Crippen LogP contribution >= 0.6 is 0 Å². The molecule has 0 heterocycles. The molecule has 5 nitrogen and oxygen atoms in total. The fourth-order valence-electron chi connectivity index (χ4n) is 3.29. The van der Waals surface area contributed by atoms with Crippen LogP contribution in [0, 0.1) is 21.4 Å². The average molecular weight is 343 g/mol. The minimum atomic E-state index is -4.63. The molecule has 0 amide bonds. The van der Waals surface area contributed by atoms with Crippen molar-refractivity contribution in [1.29, 1.82) is 0 Å². The van der Waals surface area contributed by atoms with Gasteiger partial charge in [0.05, 0.1) is 10.5 Å². The highest BCUT2D eigenvalue weighted by molar-refractivity contribution is 5.87. The molecule has 0 unspecified atom stereocenters. The number of benzene rings is 1. The number of halogens is 3. The molecule has 0 aromatic heterocycles. The van der Waals surface area contributed by atoms with E-state index in [0.29, 0.717) is 12.0 Å². The molecule has 0 bridgehead atoms. The van der Waals surface area contributed by atoms with E-state index in [0.717, 1.165) is 37.1 Å². The zero-order valence-corrected chi connectivity index (χ0v) is 13.8. The maximum Gasteiger partial charge on any atom is 0.416 e. The van der Waals surface area contributed by atoms with E-state index in [-0.39, 0.29) is 11.1 Å². The van der Waals surface area contributed by atoms with Crippen molar-refractivity contribution in [2.24, 2.45) is 16.4 Å². The monoisotopic (exact) mass is 343 g/mol. The van der Waals surface area contributed by atoms with Gasteiger partial charge < -0.3 is 0 Å². The van der Waals surface area contributed by atoms with Gasteiger partial charge in [0.15, 0.2) is 0 Å². The van der Waals surface area contributed by atoms with Crippen LogP contribution in [0.3, 0.4) is 0 Å². The van der Waals surface area contributed by atoms with Gasteiger partial charge in [0, 0.05) is 11.8 Å². The van der Waals surface area contributed by atoms with Gasteiger partial charge in [-0.3, -0.25) is 15.5 Å². The predicted octanol–water partition coefficient (Wildman–Crippen LogP) is 5.23. The molecule has 2 rings (SSSR count). The lowest BCUT2D eigenvalue weighted by Gasteiger charge is -2.34. The van der Waals surface area contributed by atoms with Crippen LogP contribution in [-0.2, 0) is 6.18 Å². The second-order valence-corrected chi connectivity index (χ2v) is 7.13. The summed E-state index contributed by atoms with van der Waals surface area (Å²) < 4.78 is 38.1. The molecule has 1 saturated carbocycles. The molecular weight excluding hydrogens is 323 g/mol. The van der Waals surface area contributed by atoms with Crippen molar-refractivity contribution in [2.75, 3.05) is 5.43 Å². The number of nitro groups is 1. The molecule has 0 aliphatic heterocycles. The highest BCUT2D eigenvalue weighted by Crippen LogP contribution is 2.38. The Labute approximate surface area is 138 Å². The SMILES string of the molecule is C[C@H]1C/C(=N/Nc2ccc(C(F)(F)F)cc2[N+](=O)[O-])CC(C)(C)C1. The summed E-state index contributed by atoms with van der Waals surface area (Å²) in [4.78, 5) is 10.2. The van der Waals surface area contributed by atoms with E-state index in [1.807, 2.05) is 0 Å². The Morgan fingerprint density at radius 3 is 2.58 bits per heavy atom. The molecular formula is C16H20F3N3O2. The minimum absolute atomic E-state index is 0.0449. The molecule has 8 heteroatoms. The van der Waals surface area contributed by atoms with Gasteiger partial charge in [-0.05, 0) is 42.7 Å². The number of nitrogens with zero attached hydrogens (tertiary/aromatic N) is 2. The third kappa shape index (κ3) is 4.46. The molecule has 0 radical (unpaired) electrons. The van der Waals surface area contributed by atoms with Gasteiger partial charge in [-0.1, -0.05) is 20.8 Å². The summed E-state index contributed by atoms with van der Waals surface area (Å²) in [5.74, 6) is 0.442. The van der Waals surface area contributed by atoms with Crippen molar-refractivity contribution in [2.45, 2.75) is 46.2 Å². The number of rotatable bonds is 3. The van der Waals surface area contributed by atoms with Crippen LogP contribution in [0.5, 0.6) is 0 Å². The quantitative estimate of drug-likeness (QED) is 0.604. The van der Waals surface area contributed by atoms with Gasteiger partial charge in [-0.25, -0.2) is 0 Å². The molecule has 1 aliphatic carbocycles. The van der Waals surface area contributed by atoms with Crippen LogP contribution in [0.2, 0.25) is 0 Å². The van der Waals surface area contributed by atoms with E-state index >= 15 is 0 Å². The number of hydrazone groups is 1. The number of anilines is 1. The lowest BCUT2D eigenvalue weighted by atomic mass is 9.72. The Bertz CT molecular complexity index is 669. The molecule has 0 saturated heterocycles. The molecule has 1 N–H and O–H groups in total. The third-order valence-electron chi connectivity index (χ3n) is 4.02. The number of hydrogen-bond donors (Lipinski definition) is 1. The normalized spacial score (nSPS) is 22.4. The second kappa shape index (κ2) is 6.41. The summed E-state index contributed by atoms with van der Waals surface area (Å²) in [5, 5.41) is 15.3. The lowest BCUT2D eigenvalue weighted by molar-refractivity contribution is -0.384. The van der Waals surface area contributed by atoms with Gasteiger partial charge in [-0.15, -0.1) is 0 Å². The maximum atomic E-state index is 12.7. The van der Waals surface area contributed by atoms with E-state index < -0.39 is 22.4 Å². The zero-order valence-electron chi connectivity index (χ0n) is 13.8. The summed E-state index contributed by atoms with van der Waals surface area (Å²) in [7, 11) is 0. The summed E-state index contributed by atoms with van der Waals surface area (Å²) in [6.45, 7) is 6.36. The Morgan fingerprint density at radius 1 is 1.38 bits per heavy atom. The first-order chi connectivity index (χ1) is 11.0. The highest BCUT2D eigenvalue weighted by Gasteiger charge is 2.33. The first-order valence-corrected chi connectivity index (χ1v) is 7.65. The van der Waals surface area contributed by atoms with Crippen molar-refractivity contribution >= 4 is 17.1 Å². The Balaban J connectivity index is 2.26. The molecule has 132 valence electrons. The predicted molar refractivity (Wildman–Crippen MR) is 86.0 cm³/mol. The number of alkyl halides is 3. The Hall–Kier alpha value is -2.12. The highest BCUT2D eigenvalue weighted by atomic mass is 19.4. The topological polar surface area (TPSA) is 67.5 Å². The Kier molecular flexibility index (Phi) is 4.87. The third-order valence-corrected chi connectivity index (χ3v) is 4.02. The van der Waals surface area contributed by atoms with Crippen molar-refractivity contribution in [3.8, 4) is 0 Å². The van der Waals surface area contributed by atoms with Crippen molar-refractivity contribution in [3.05, 3.63) is 33.9 Å². The number of hydrogen-bond acceptors (Lipinski definition) is 4. The smallest absolute Gasteiger partial charge is 0.272 e. The molecule has 1 atom stereocenters. The molecule has 24 heavy (non-hydrogen) atoms. The number of nitrogens with one attached hydrogen (secondary N) is 1. The van der Waals surface area contributed by atoms with Gasteiger partial charge >= 0.3 is 6.18 Å². The van der Waals surface area contributed by atoms with Crippen molar-refractivity contribution in [1.82, 2.24) is 0 Å². The van der Waals surface area contributed by atoms with Crippen LogP contribution in [0.25, 0.3) is 0 Å². The fraction of sp³-hybridized carbons (Fsp3) is 0.562. The molecule has 0 spiro atoms. The first-order valence-electron chi connectivity index (χ1n) is 7.65. The number of nitro benzene ring substituents is 1.